The van der Waals surface area contributed by atoms with E-state index in [-0.39, 0.29) is 0 Å². The SMILES string of the molecule is C=C1CC[C@@H](C)C23CCC[C@@]2(C)C[C@]13C. The third kappa shape index (κ3) is 0.797. The molecule has 3 saturated carbocycles. The maximum atomic E-state index is 4.39. The molecule has 84 valence electrons. The Morgan fingerprint density at radius 2 is 2.00 bits per heavy atom. The van der Waals surface area contributed by atoms with Crippen LogP contribution in [0.25, 0.3) is 0 Å². The Kier molecular flexibility index (Phi) is 1.67. The van der Waals surface area contributed by atoms with Crippen LogP contribution in [0.4, 0.5) is 0 Å². The van der Waals surface area contributed by atoms with Gasteiger partial charge in [0.15, 0.2) is 0 Å². The first kappa shape index (κ1) is 9.93. The molecule has 0 aliphatic heterocycles. The van der Waals surface area contributed by atoms with Gasteiger partial charge in [-0.15, -0.1) is 0 Å². The van der Waals surface area contributed by atoms with Gasteiger partial charge >= 0.3 is 0 Å². The van der Waals surface area contributed by atoms with Crippen LogP contribution < -0.4 is 0 Å². The van der Waals surface area contributed by atoms with Crippen LogP contribution in [0, 0.1) is 22.2 Å². The number of hydrogen-bond donors (Lipinski definition) is 0. The molecule has 0 N–H and O–H groups in total. The molecule has 0 bridgehead atoms. The first-order valence-electron chi connectivity index (χ1n) is 6.65. The Morgan fingerprint density at radius 3 is 2.67 bits per heavy atom. The summed E-state index contributed by atoms with van der Waals surface area (Å²) >= 11 is 0. The number of allylic oxidation sites excluding steroid dienone is 1. The first-order chi connectivity index (χ1) is 6.96. The van der Waals surface area contributed by atoms with Crippen molar-refractivity contribution in [1.29, 1.82) is 0 Å². The molecular formula is C15H24. The van der Waals surface area contributed by atoms with Gasteiger partial charge in [0.1, 0.15) is 0 Å². The zero-order valence-electron chi connectivity index (χ0n) is 10.5. The van der Waals surface area contributed by atoms with Gasteiger partial charge in [-0.1, -0.05) is 39.3 Å². The second-order valence-electron chi connectivity index (χ2n) is 6.94. The van der Waals surface area contributed by atoms with E-state index in [1.807, 2.05) is 0 Å². The van der Waals surface area contributed by atoms with E-state index in [9.17, 15) is 0 Å². The average molecular weight is 204 g/mol. The Hall–Kier alpha value is -0.260. The molecule has 0 saturated heterocycles. The molecule has 3 aliphatic carbocycles. The normalized spacial score (nSPS) is 58.3. The second-order valence-corrected chi connectivity index (χ2v) is 6.94. The summed E-state index contributed by atoms with van der Waals surface area (Å²) in [4.78, 5) is 0. The lowest BCUT2D eigenvalue weighted by Crippen LogP contribution is -2.65. The molecule has 0 aromatic rings. The van der Waals surface area contributed by atoms with Crippen LogP contribution in [0.2, 0.25) is 0 Å². The second kappa shape index (κ2) is 2.52. The highest BCUT2D eigenvalue weighted by atomic mass is 14.8. The Bertz CT molecular complexity index is 329. The minimum absolute atomic E-state index is 0.496. The van der Waals surface area contributed by atoms with E-state index in [1.54, 1.807) is 5.57 Å². The fraction of sp³-hybridized carbons (Fsp3) is 0.867. The van der Waals surface area contributed by atoms with Gasteiger partial charge in [-0.3, -0.25) is 0 Å². The van der Waals surface area contributed by atoms with E-state index in [4.69, 9.17) is 0 Å². The Balaban J connectivity index is 2.11. The first-order valence-corrected chi connectivity index (χ1v) is 6.65. The monoisotopic (exact) mass is 204 g/mol. The van der Waals surface area contributed by atoms with E-state index in [2.05, 4.69) is 27.4 Å². The van der Waals surface area contributed by atoms with Crippen molar-refractivity contribution in [3.8, 4) is 0 Å². The van der Waals surface area contributed by atoms with Crippen molar-refractivity contribution in [3.05, 3.63) is 12.2 Å². The summed E-state index contributed by atoms with van der Waals surface area (Å²) in [6.45, 7) is 12.0. The molecular weight excluding hydrogens is 180 g/mol. The fourth-order valence-corrected chi connectivity index (χ4v) is 6.04. The fourth-order valence-electron chi connectivity index (χ4n) is 6.04. The van der Waals surface area contributed by atoms with E-state index in [0.29, 0.717) is 16.2 Å². The molecule has 1 unspecified atom stereocenters. The maximum Gasteiger partial charge on any atom is -0.00495 e. The van der Waals surface area contributed by atoms with Crippen molar-refractivity contribution in [1.82, 2.24) is 0 Å². The molecule has 0 nitrogen and oxygen atoms in total. The minimum atomic E-state index is 0.496. The molecule has 0 amide bonds. The molecule has 4 atom stereocenters. The molecule has 0 radical (unpaired) electrons. The highest BCUT2D eigenvalue weighted by molar-refractivity contribution is 5.33. The predicted molar refractivity (Wildman–Crippen MR) is 64.7 cm³/mol. The van der Waals surface area contributed by atoms with Gasteiger partial charge in [-0.2, -0.15) is 0 Å². The molecule has 15 heavy (non-hydrogen) atoms. The number of rotatable bonds is 0. The smallest absolute Gasteiger partial charge is 0.00495 e. The van der Waals surface area contributed by atoms with Crippen LogP contribution in [0.1, 0.15) is 59.3 Å². The molecule has 3 fully saturated rings. The van der Waals surface area contributed by atoms with Crippen LogP contribution in [-0.4, -0.2) is 0 Å². The Labute approximate surface area is 94.1 Å². The third-order valence-electron chi connectivity index (χ3n) is 6.61. The van der Waals surface area contributed by atoms with Crippen molar-refractivity contribution >= 4 is 0 Å². The maximum absolute atomic E-state index is 4.39. The number of hydrogen-bond acceptors (Lipinski definition) is 0. The summed E-state index contributed by atoms with van der Waals surface area (Å²) in [5.74, 6) is 0.925. The lowest BCUT2D eigenvalue weighted by molar-refractivity contribution is -0.206. The van der Waals surface area contributed by atoms with Crippen molar-refractivity contribution in [2.75, 3.05) is 0 Å². The quantitative estimate of drug-likeness (QED) is 0.507. The van der Waals surface area contributed by atoms with Gasteiger partial charge in [-0.25, -0.2) is 0 Å². The predicted octanol–water partition coefficient (Wildman–Crippen LogP) is 4.56. The van der Waals surface area contributed by atoms with Crippen LogP contribution in [0.15, 0.2) is 12.2 Å². The molecule has 0 heterocycles. The van der Waals surface area contributed by atoms with Crippen molar-refractivity contribution in [2.45, 2.75) is 59.3 Å². The van der Waals surface area contributed by atoms with Crippen LogP contribution >= 0.6 is 0 Å². The summed E-state index contributed by atoms with van der Waals surface area (Å²) in [6.07, 6.45) is 8.51. The zero-order valence-corrected chi connectivity index (χ0v) is 10.5. The van der Waals surface area contributed by atoms with Gasteiger partial charge in [0.05, 0.1) is 0 Å². The molecule has 0 aromatic heterocycles. The van der Waals surface area contributed by atoms with Crippen molar-refractivity contribution in [3.63, 3.8) is 0 Å². The van der Waals surface area contributed by atoms with Gasteiger partial charge in [0.2, 0.25) is 0 Å². The molecule has 0 heteroatoms. The third-order valence-corrected chi connectivity index (χ3v) is 6.61. The van der Waals surface area contributed by atoms with Gasteiger partial charge in [0.25, 0.3) is 0 Å². The molecule has 3 rings (SSSR count). The molecule has 0 aromatic carbocycles. The van der Waals surface area contributed by atoms with Crippen molar-refractivity contribution < 1.29 is 0 Å². The molecule has 3 aliphatic rings. The largest absolute Gasteiger partial charge is 0.0993 e. The summed E-state index contributed by atoms with van der Waals surface area (Å²) in [5.41, 5.74) is 3.36. The highest BCUT2D eigenvalue weighted by Gasteiger charge is 2.73. The van der Waals surface area contributed by atoms with E-state index in [1.165, 1.54) is 38.5 Å². The average Bonchev–Trinajstić information content (AvgIpc) is 2.44. The van der Waals surface area contributed by atoms with Crippen LogP contribution in [-0.2, 0) is 0 Å². The lowest BCUT2D eigenvalue weighted by atomic mass is 9.31. The summed E-state index contributed by atoms with van der Waals surface area (Å²) in [7, 11) is 0. The summed E-state index contributed by atoms with van der Waals surface area (Å²) in [6, 6.07) is 0. The lowest BCUT2D eigenvalue weighted by Gasteiger charge is -2.72. The van der Waals surface area contributed by atoms with Crippen molar-refractivity contribution in [2.24, 2.45) is 22.2 Å². The van der Waals surface area contributed by atoms with Crippen LogP contribution in [0.3, 0.4) is 0 Å². The van der Waals surface area contributed by atoms with Crippen LogP contribution in [0.5, 0.6) is 0 Å². The zero-order chi connectivity index (χ0) is 10.9. The van der Waals surface area contributed by atoms with E-state index in [0.717, 1.165) is 5.92 Å². The summed E-state index contributed by atoms with van der Waals surface area (Å²) < 4.78 is 0. The molecule has 1 spiro atoms. The summed E-state index contributed by atoms with van der Waals surface area (Å²) in [5, 5.41) is 0. The Morgan fingerprint density at radius 1 is 1.27 bits per heavy atom. The topological polar surface area (TPSA) is 0 Å². The van der Waals surface area contributed by atoms with Gasteiger partial charge in [-0.05, 0) is 54.3 Å². The van der Waals surface area contributed by atoms with E-state index < -0.39 is 0 Å². The van der Waals surface area contributed by atoms with Gasteiger partial charge in [0, 0.05) is 0 Å². The highest BCUT2D eigenvalue weighted by Crippen LogP contribution is 2.81. The van der Waals surface area contributed by atoms with Gasteiger partial charge < -0.3 is 0 Å². The minimum Gasteiger partial charge on any atom is -0.0993 e. The standard InChI is InChI=1S/C15H24/c1-11-6-7-12(2)15-9-5-8-13(15,3)10-14(11,15)4/h12H,1,5-10H2,2-4H3/t12-,13+,14-,15?/m1/s1. The van der Waals surface area contributed by atoms with E-state index >= 15 is 0 Å².